The number of aromatic amines is 1. The smallest absolute Gasteiger partial charge is 0.165 e. The topological polar surface area (TPSA) is 54.5 Å². The maximum Gasteiger partial charge on any atom is 0.165 e. The van der Waals surface area contributed by atoms with E-state index in [4.69, 9.17) is 11.6 Å². The van der Waals surface area contributed by atoms with Crippen LogP contribution in [0.1, 0.15) is 5.69 Å². The molecule has 7 heteroatoms. The number of aromatic nitrogens is 4. The van der Waals surface area contributed by atoms with Gasteiger partial charge in [-0.2, -0.15) is 0 Å². The minimum Gasteiger partial charge on any atom is -0.340 e. The highest BCUT2D eigenvalue weighted by molar-refractivity contribution is 7.98. The van der Waals surface area contributed by atoms with Gasteiger partial charge in [-0.1, -0.05) is 27.9 Å². The molecule has 0 fully saturated rings. The lowest BCUT2D eigenvalue weighted by Crippen LogP contribution is -1.82. The van der Waals surface area contributed by atoms with Gasteiger partial charge in [0.1, 0.15) is 10.0 Å². The number of rotatable bonds is 3. The minimum absolute atomic E-state index is 0.652. The molecule has 2 heterocycles. The van der Waals surface area contributed by atoms with Crippen molar-refractivity contribution < 1.29 is 0 Å². The molecule has 2 aromatic rings. The van der Waals surface area contributed by atoms with Gasteiger partial charge in [-0.25, -0.2) is 4.98 Å². The van der Waals surface area contributed by atoms with Gasteiger partial charge < -0.3 is 4.98 Å². The first-order chi connectivity index (χ1) is 6.36. The number of hydrogen-bond acceptors (Lipinski definition) is 5. The molecule has 68 valence electrons. The van der Waals surface area contributed by atoms with Crippen LogP contribution in [0, 0.1) is 0 Å². The van der Waals surface area contributed by atoms with Gasteiger partial charge >= 0.3 is 0 Å². The highest BCUT2D eigenvalue weighted by Crippen LogP contribution is 2.24. The molecule has 0 aliphatic rings. The number of thioether (sulfide) groups is 1. The molecule has 0 unspecified atom stereocenters. The van der Waals surface area contributed by atoms with Crippen LogP contribution in [0.5, 0.6) is 0 Å². The molecule has 0 spiro atoms. The van der Waals surface area contributed by atoms with E-state index < -0.39 is 0 Å². The summed E-state index contributed by atoms with van der Waals surface area (Å²) in [5, 5.41) is 4.75. The zero-order valence-corrected chi connectivity index (χ0v) is 8.79. The van der Waals surface area contributed by atoms with Crippen molar-refractivity contribution in [2.45, 2.75) is 10.9 Å². The monoisotopic (exact) mass is 232 g/mol. The van der Waals surface area contributed by atoms with E-state index in [1.807, 2.05) is 0 Å². The zero-order chi connectivity index (χ0) is 9.10. The van der Waals surface area contributed by atoms with Crippen molar-refractivity contribution in [1.82, 2.24) is 19.6 Å². The van der Waals surface area contributed by atoms with Crippen LogP contribution in [-0.2, 0) is 5.75 Å². The third kappa shape index (κ3) is 2.20. The maximum absolute atomic E-state index is 5.83. The number of halogens is 1. The number of nitrogens with one attached hydrogen (secondary N) is 1. The van der Waals surface area contributed by atoms with Crippen molar-refractivity contribution in [3.05, 3.63) is 22.4 Å². The van der Waals surface area contributed by atoms with Crippen LogP contribution in [0.2, 0.25) is 4.34 Å². The lowest BCUT2D eigenvalue weighted by molar-refractivity contribution is 1.04. The van der Waals surface area contributed by atoms with E-state index in [0.29, 0.717) is 10.1 Å². The Morgan fingerprint density at radius 1 is 1.62 bits per heavy atom. The summed E-state index contributed by atoms with van der Waals surface area (Å²) >= 11 is 8.58. The van der Waals surface area contributed by atoms with Crippen molar-refractivity contribution in [3.8, 4) is 0 Å². The molecule has 1 N–H and O–H groups in total. The Labute approximate surface area is 87.9 Å². The Morgan fingerprint density at radius 3 is 3.15 bits per heavy atom. The van der Waals surface area contributed by atoms with Crippen molar-refractivity contribution in [1.29, 1.82) is 0 Å². The summed E-state index contributed by atoms with van der Waals surface area (Å²) in [7, 11) is 0. The lowest BCUT2D eigenvalue weighted by Gasteiger charge is -1.92. The van der Waals surface area contributed by atoms with Gasteiger partial charge in [-0.05, 0) is 0 Å². The Morgan fingerprint density at radius 2 is 2.54 bits per heavy atom. The minimum atomic E-state index is 0.652. The third-order valence-electron chi connectivity index (χ3n) is 1.33. The van der Waals surface area contributed by atoms with Crippen LogP contribution in [0.15, 0.2) is 17.6 Å². The predicted octanol–water partition coefficient (Wildman–Crippen LogP) is 2.21. The molecule has 0 aliphatic heterocycles. The molecule has 0 saturated heterocycles. The predicted molar refractivity (Wildman–Crippen MR) is 53.1 cm³/mol. The summed E-state index contributed by atoms with van der Waals surface area (Å²) < 4.78 is 4.39. The van der Waals surface area contributed by atoms with Crippen LogP contribution in [0.3, 0.4) is 0 Å². The molecule has 2 rings (SSSR count). The van der Waals surface area contributed by atoms with E-state index in [2.05, 4.69) is 19.6 Å². The highest BCUT2D eigenvalue weighted by Gasteiger charge is 2.06. The van der Waals surface area contributed by atoms with Gasteiger partial charge in [0.25, 0.3) is 0 Å². The molecule has 0 bridgehead atoms. The molecule has 0 aliphatic carbocycles. The molecule has 0 amide bonds. The fraction of sp³-hybridized carbons (Fsp3) is 0.167. The van der Waals surface area contributed by atoms with Gasteiger partial charge in [0.2, 0.25) is 0 Å². The number of nitrogens with zero attached hydrogens (tertiary/aromatic N) is 3. The Kier molecular flexibility index (Phi) is 2.82. The normalized spacial score (nSPS) is 10.5. The molecule has 0 aromatic carbocycles. The van der Waals surface area contributed by atoms with Gasteiger partial charge in [0.15, 0.2) is 5.16 Å². The summed E-state index contributed by atoms with van der Waals surface area (Å²) in [6.45, 7) is 0. The first-order valence-electron chi connectivity index (χ1n) is 3.45. The van der Waals surface area contributed by atoms with Crippen molar-refractivity contribution in [3.63, 3.8) is 0 Å². The number of hydrogen-bond donors (Lipinski definition) is 1. The van der Waals surface area contributed by atoms with Crippen molar-refractivity contribution in [2.75, 3.05) is 0 Å². The second-order valence-electron chi connectivity index (χ2n) is 2.18. The third-order valence-corrected chi connectivity index (χ3v) is 3.23. The maximum atomic E-state index is 5.83. The van der Waals surface area contributed by atoms with Crippen molar-refractivity contribution in [2.24, 2.45) is 0 Å². The summed E-state index contributed by atoms with van der Waals surface area (Å²) in [4.78, 5) is 7.05. The van der Waals surface area contributed by atoms with Gasteiger partial charge in [0.05, 0.1) is 0 Å². The quantitative estimate of drug-likeness (QED) is 0.825. The summed E-state index contributed by atoms with van der Waals surface area (Å²) in [5.41, 5.74) is 0.813. The molecule has 0 radical (unpaired) electrons. The van der Waals surface area contributed by atoms with E-state index in [0.717, 1.165) is 10.9 Å². The molecule has 0 saturated carbocycles. The highest BCUT2D eigenvalue weighted by atomic mass is 35.5. The summed E-state index contributed by atoms with van der Waals surface area (Å²) in [6, 6.07) is 0. The summed E-state index contributed by atoms with van der Waals surface area (Å²) in [6.07, 6.45) is 3.49. The van der Waals surface area contributed by atoms with E-state index >= 15 is 0 Å². The fourth-order valence-electron chi connectivity index (χ4n) is 0.750. The SMILES string of the molecule is Clc1snnc1CSc1ncc[nH]1. The van der Waals surface area contributed by atoms with Crippen molar-refractivity contribution >= 4 is 34.9 Å². The van der Waals surface area contributed by atoms with E-state index in [1.165, 1.54) is 11.5 Å². The van der Waals surface area contributed by atoms with Crippen LogP contribution in [0.4, 0.5) is 0 Å². The first-order valence-corrected chi connectivity index (χ1v) is 5.59. The van der Waals surface area contributed by atoms with Crippen LogP contribution in [-0.4, -0.2) is 19.6 Å². The fourth-order valence-corrected chi connectivity index (χ4v) is 2.31. The molecule has 2 aromatic heterocycles. The standard InChI is InChI=1S/C6H5ClN4S2/c7-5-4(10-11-13-5)3-12-6-8-1-2-9-6/h1-2H,3H2,(H,8,9). The summed E-state index contributed by atoms with van der Waals surface area (Å²) in [5.74, 6) is 0.697. The van der Waals surface area contributed by atoms with Gasteiger partial charge in [-0.3, -0.25) is 0 Å². The Hall–Kier alpha value is -0.590. The average Bonchev–Trinajstić information content (AvgIpc) is 2.72. The van der Waals surface area contributed by atoms with Gasteiger partial charge in [-0.15, -0.1) is 5.10 Å². The Bertz CT molecular complexity index is 372. The molecule has 13 heavy (non-hydrogen) atoms. The number of imidazole rings is 1. The Balaban J connectivity index is 1.97. The molecule has 4 nitrogen and oxygen atoms in total. The second-order valence-corrected chi connectivity index (χ2v) is 4.50. The van der Waals surface area contributed by atoms with Crippen LogP contribution in [0.25, 0.3) is 0 Å². The molecular weight excluding hydrogens is 228 g/mol. The second kappa shape index (κ2) is 4.08. The lowest BCUT2D eigenvalue weighted by atomic mass is 10.6. The molecular formula is C6H5ClN4S2. The van der Waals surface area contributed by atoms with Gasteiger partial charge in [0, 0.05) is 29.7 Å². The van der Waals surface area contributed by atoms with E-state index in [9.17, 15) is 0 Å². The largest absolute Gasteiger partial charge is 0.340 e. The van der Waals surface area contributed by atoms with E-state index in [1.54, 1.807) is 24.2 Å². The molecule has 0 atom stereocenters. The van der Waals surface area contributed by atoms with Crippen LogP contribution >= 0.6 is 34.9 Å². The first kappa shape index (κ1) is 8.98. The average molecular weight is 233 g/mol. The van der Waals surface area contributed by atoms with E-state index in [-0.39, 0.29) is 0 Å². The number of H-pyrrole nitrogens is 1. The zero-order valence-electron chi connectivity index (χ0n) is 6.40. The van der Waals surface area contributed by atoms with Crippen LogP contribution < -0.4 is 0 Å².